The molecule has 0 unspecified atom stereocenters. The summed E-state index contributed by atoms with van der Waals surface area (Å²) in [5.74, 6) is 1.18. The van der Waals surface area contributed by atoms with Gasteiger partial charge in [0.25, 0.3) is 0 Å². The zero-order valence-corrected chi connectivity index (χ0v) is 12.7. The molecule has 100 valence electrons. The molecular weight excluding hydrogens is 278 g/mol. The number of carbonyl (C=O) groups excluding carboxylic acids is 1. The summed E-state index contributed by atoms with van der Waals surface area (Å²) in [5.41, 5.74) is 0. The maximum absolute atomic E-state index is 11.9. The van der Waals surface area contributed by atoms with Crippen molar-refractivity contribution in [3.63, 3.8) is 0 Å². The summed E-state index contributed by atoms with van der Waals surface area (Å²) in [5, 5.41) is 1.08. The monoisotopic (exact) mass is 303 g/mol. The number of hydrogen-bond acceptors (Lipinski definition) is 1. The second-order valence-electron chi connectivity index (χ2n) is 5.25. The van der Waals surface area contributed by atoms with Crippen molar-refractivity contribution in [1.82, 2.24) is 4.90 Å². The maximum Gasteiger partial charge on any atom is 0.222 e. The first kappa shape index (κ1) is 15.0. The van der Waals surface area contributed by atoms with Crippen LogP contribution in [0.1, 0.15) is 57.8 Å². The van der Waals surface area contributed by atoms with Crippen molar-refractivity contribution in [1.29, 1.82) is 0 Å². The van der Waals surface area contributed by atoms with Gasteiger partial charge in [0.2, 0.25) is 5.91 Å². The molecule has 1 fully saturated rings. The van der Waals surface area contributed by atoms with Gasteiger partial charge in [-0.25, -0.2) is 0 Å². The number of nitrogens with zero attached hydrogens (tertiary/aromatic N) is 1. The standard InChI is InChI=1S/C14H26BrNO/c1-16(12-6-2-5-11-15)14(17)10-9-13-7-3-4-8-13/h13H,2-12H2,1H3. The number of carbonyl (C=O) groups is 1. The van der Waals surface area contributed by atoms with E-state index in [1.807, 2.05) is 11.9 Å². The van der Waals surface area contributed by atoms with Gasteiger partial charge in [0.1, 0.15) is 0 Å². The van der Waals surface area contributed by atoms with E-state index < -0.39 is 0 Å². The molecule has 1 amide bonds. The Morgan fingerprint density at radius 2 is 1.94 bits per heavy atom. The summed E-state index contributed by atoms with van der Waals surface area (Å²) in [6.07, 6.45) is 10.9. The average molecular weight is 304 g/mol. The summed E-state index contributed by atoms with van der Waals surface area (Å²) in [7, 11) is 1.95. The fraction of sp³-hybridized carbons (Fsp3) is 0.929. The van der Waals surface area contributed by atoms with Gasteiger partial charge in [-0.3, -0.25) is 4.79 Å². The van der Waals surface area contributed by atoms with Crippen molar-refractivity contribution >= 4 is 21.8 Å². The van der Waals surface area contributed by atoms with Gasteiger partial charge in [-0.1, -0.05) is 48.0 Å². The topological polar surface area (TPSA) is 20.3 Å². The van der Waals surface area contributed by atoms with E-state index in [0.29, 0.717) is 5.91 Å². The van der Waals surface area contributed by atoms with Gasteiger partial charge < -0.3 is 4.90 Å². The number of alkyl halides is 1. The van der Waals surface area contributed by atoms with E-state index >= 15 is 0 Å². The molecule has 1 aliphatic carbocycles. The fourth-order valence-electron chi connectivity index (χ4n) is 2.56. The van der Waals surface area contributed by atoms with E-state index in [1.165, 1.54) is 38.5 Å². The maximum atomic E-state index is 11.9. The Kier molecular flexibility index (Phi) is 7.91. The van der Waals surface area contributed by atoms with Gasteiger partial charge in [0, 0.05) is 25.3 Å². The average Bonchev–Trinajstić information content (AvgIpc) is 2.84. The zero-order chi connectivity index (χ0) is 12.5. The van der Waals surface area contributed by atoms with Crippen LogP contribution in [0.3, 0.4) is 0 Å². The van der Waals surface area contributed by atoms with Crippen molar-refractivity contribution < 1.29 is 4.79 Å². The van der Waals surface area contributed by atoms with Crippen molar-refractivity contribution in [2.24, 2.45) is 5.92 Å². The van der Waals surface area contributed by atoms with Crippen LogP contribution in [0.4, 0.5) is 0 Å². The lowest BCUT2D eigenvalue weighted by Gasteiger charge is -2.18. The molecular formula is C14H26BrNO. The van der Waals surface area contributed by atoms with Crippen LogP contribution in [0, 0.1) is 5.92 Å². The Bertz CT molecular complexity index is 214. The van der Waals surface area contributed by atoms with E-state index in [-0.39, 0.29) is 0 Å². The number of hydrogen-bond donors (Lipinski definition) is 0. The molecule has 17 heavy (non-hydrogen) atoms. The minimum absolute atomic E-state index is 0.343. The molecule has 0 radical (unpaired) electrons. The molecule has 0 spiro atoms. The molecule has 0 heterocycles. The lowest BCUT2D eigenvalue weighted by Crippen LogP contribution is -2.27. The fourth-order valence-corrected chi connectivity index (χ4v) is 2.96. The van der Waals surface area contributed by atoms with E-state index in [2.05, 4.69) is 15.9 Å². The van der Waals surface area contributed by atoms with Gasteiger partial charge >= 0.3 is 0 Å². The van der Waals surface area contributed by atoms with Crippen molar-refractivity contribution in [3.8, 4) is 0 Å². The van der Waals surface area contributed by atoms with Gasteiger partial charge in [-0.05, 0) is 25.2 Å². The van der Waals surface area contributed by atoms with Crippen LogP contribution < -0.4 is 0 Å². The molecule has 3 heteroatoms. The molecule has 0 aromatic carbocycles. The van der Waals surface area contributed by atoms with Crippen molar-refractivity contribution in [3.05, 3.63) is 0 Å². The minimum atomic E-state index is 0.343. The molecule has 1 aliphatic rings. The largest absolute Gasteiger partial charge is 0.346 e. The van der Waals surface area contributed by atoms with Crippen LogP contribution in [0.25, 0.3) is 0 Å². The molecule has 2 nitrogen and oxygen atoms in total. The summed E-state index contributed by atoms with van der Waals surface area (Å²) in [6, 6.07) is 0. The third-order valence-corrected chi connectivity index (χ3v) is 4.35. The SMILES string of the molecule is CN(CCCCCBr)C(=O)CCC1CCCC1. The lowest BCUT2D eigenvalue weighted by atomic mass is 10.0. The van der Waals surface area contributed by atoms with E-state index in [4.69, 9.17) is 0 Å². The lowest BCUT2D eigenvalue weighted by molar-refractivity contribution is -0.130. The number of halogens is 1. The molecule has 0 aliphatic heterocycles. The molecule has 0 aromatic rings. The molecule has 0 N–H and O–H groups in total. The molecule has 0 atom stereocenters. The highest BCUT2D eigenvalue weighted by Crippen LogP contribution is 2.28. The third-order valence-electron chi connectivity index (χ3n) is 3.79. The number of unbranched alkanes of at least 4 members (excludes halogenated alkanes) is 2. The number of amides is 1. The Morgan fingerprint density at radius 1 is 1.24 bits per heavy atom. The molecule has 0 bridgehead atoms. The first-order valence-electron chi connectivity index (χ1n) is 7.04. The van der Waals surface area contributed by atoms with Crippen LogP contribution in [0.2, 0.25) is 0 Å². The highest BCUT2D eigenvalue weighted by atomic mass is 79.9. The molecule has 0 aromatic heterocycles. The Morgan fingerprint density at radius 3 is 2.59 bits per heavy atom. The Balaban J connectivity index is 2.04. The quantitative estimate of drug-likeness (QED) is 0.490. The number of rotatable bonds is 8. The predicted molar refractivity (Wildman–Crippen MR) is 76.5 cm³/mol. The smallest absolute Gasteiger partial charge is 0.222 e. The molecule has 0 saturated heterocycles. The minimum Gasteiger partial charge on any atom is -0.346 e. The first-order chi connectivity index (χ1) is 8.24. The van der Waals surface area contributed by atoms with Crippen LogP contribution in [0.5, 0.6) is 0 Å². The molecule has 1 rings (SSSR count). The second-order valence-corrected chi connectivity index (χ2v) is 6.05. The van der Waals surface area contributed by atoms with Crippen molar-refractivity contribution in [2.45, 2.75) is 57.8 Å². The summed E-state index contributed by atoms with van der Waals surface area (Å²) < 4.78 is 0. The van der Waals surface area contributed by atoms with E-state index in [9.17, 15) is 4.79 Å². The highest BCUT2D eigenvalue weighted by Gasteiger charge is 2.17. The summed E-state index contributed by atoms with van der Waals surface area (Å²) in [6.45, 7) is 0.927. The third kappa shape index (κ3) is 6.44. The molecule has 1 saturated carbocycles. The van der Waals surface area contributed by atoms with Crippen LogP contribution in [0.15, 0.2) is 0 Å². The van der Waals surface area contributed by atoms with Crippen molar-refractivity contribution in [2.75, 3.05) is 18.9 Å². The van der Waals surface area contributed by atoms with E-state index in [1.54, 1.807) is 0 Å². The van der Waals surface area contributed by atoms with Gasteiger partial charge in [0.15, 0.2) is 0 Å². The first-order valence-corrected chi connectivity index (χ1v) is 8.16. The van der Waals surface area contributed by atoms with Gasteiger partial charge in [-0.2, -0.15) is 0 Å². The van der Waals surface area contributed by atoms with E-state index in [0.717, 1.165) is 37.1 Å². The Labute approximate surface area is 114 Å². The van der Waals surface area contributed by atoms with Crippen LogP contribution in [-0.2, 0) is 4.79 Å². The van der Waals surface area contributed by atoms with Crippen LogP contribution in [-0.4, -0.2) is 29.7 Å². The van der Waals surface area contributed by atoms with Gasteiger partial charge in [0.05, 0.1) is 0 Å². The summed E-state index contributed by atoms with van der Waals surface area (Å²) in [4.78, 5) is 13.8. The predicted octanol–water partition coefficient (Wildman–Crippen LogP) is 3.98. The highest BCUT2D eigenvalue weighted by molar-refractivity contribution is 9.09. The normalized spacial score (nSPS) is 16.4. The van der Waals surface area contributed by atoms with Crippen LogP contribution >= 0.6 is 15.9 Å². The second kappa shape index (κ2) is 8.96. The van der Waals surface area contributed by atoms with Gasteiger partial charge in [-0.15, -0.1) is 0 Å². The zero-order valence-electron chi connectivity index (χ0n) is 11.1. The summed E-state index contributed by atoms with van der Waals surface area (Å²) >= 11 is 3.43. The Hall–Kier alpha value is -0.0500.